The lowest BCUT2D eigenvalue weighted by Crippen LogP contribution is -2.64. The average Bonchev–Trinajstić information content (AvgIpc) is 3.67. The summed E-state index contributed by atoms with van der Waals surface area (Å²) in [4.78, 5) is 47.2. The number of aryl methyl sites for hydroxylation is 2. The Morgan fingerprint density at radius 3 is 2.62 bits per heavy atom. The van der Waals surface area contributed by atoms with E-state index in [9.17, 15) is 19.5 Å². The van der Waals surface area contributed by atoms with Crippen LogP contribution in [0.1, 0.15) is 60.0 Å². The largest absolute Gasteiger partial charge is 0.508 e. The number of benzene rings is 2. The molecule has 0 radical (unpaired) electrons. The molecule has 2 aliphatic rings. The number of ether oxygens (including phenoxy) is 2. The quantitative estimate of drug-likeness (QED) is 0.273. The maximum atomic E-state index is 13.9. The number of imide groups is 1. The Hall–Kier alpha value is -4.02. The number of aromatic nitrogens is 2. The van der Waals surface area contributed by atoms with Gasteiger partial charge in [0.05, 0.1) is 19.6 Å². The van der Waals surface area contributed by atoms with Gasteiger partial charge < -0.3 is 19.6 Å². The molecule has 3 N–H and O–H groups in total. The molecule has 3 heterocycles. The van der Waals surface area contributed by atoms with E-state index >= 15 is 0 Å². The second kappa shape index (κ2) is 12.0. The van der Waals surface area contributed by atoms with Gasteiger partial charge in [0.1, 0.15) is 17.8 Å². The molecule has 0 saturated carbocycles. The van der Waals surface area contributed by atoms with E-state index in [-0.39, 0.29) is 36.6 Å². The lowest BCUT2D eigenvalue weighted by Gasteiger charge is -2.33. The number of rotatable bonds is 9. The van der Waals surface area contributed by atoms with Crippen LogP contribution in [0.5, 0.6) is 5.75 Å². The van der Waals surface area contributed by atoms with Crippen molar-refractivity contribution < 1.29 is 33.4 Å². The van der Waals surface area contributed by atoms with Crippen LogP contribution < -0.4 is 5.32 Å². The number of H-pyrrole nitrogens is 1. The number of cyclic esters (lactones) is 1. The molecule has 10 heteroatoms. The number of carbonyl (C=O) groups excluding carboxylic acids is 3. The second-order valence-corrected chi connectivity index (χ2v) is 10.6. The molecule has 0 aliphatic carbocycles. The van der Waals surface area contributed by atoms with E-state index in [4.69, 9.17) is 9.47 Å². The Bertz CT molecular complexity index is 1340. The lowest BCUT2D eigenvalue weighted by molar-refractivity contribution is -0.778. The summed E-state index contributed by atoms with van der Waals surface area (Å²) in [6.45, 7) is 2.47. The molecule has 10 nitrogen and oxygen atoms in total. The maximum Gasteiger partial charge on any atom is 0.425 e. The van der Waals surface area contributed by atoms with E-state index < -0.39 is 28.8 Å². The van der Waals surface area contributed by atoms with Crippen LogP contribution in [0, 0.1) is 0 Å². The Balaban J connectivity index is 1.24. The summed E-state index contributed by atoms with van der Waals surface area (Å²) in [5.74, 6) is -0.461. The van der Waals surface area contributed by atoms with Crippen LogP contribution >= 0.6 is 0 Å². The molecule has 210 valence electrons. The van der Waals surface area contributed by atoms with Gasteiger partial charge in [-0.3, -0.25) is 10.1 Å². The van der Waals surface area contributed by atoms with Crippen molar-refractivity contribution in [3.05, 3.63) is 83.4 Å². The number of aromatic amines is 1. The van der Waals surface area contributed by atoms with Gasteiger partial charge in [-0.2, -0.15) is 4.48 Å². The molecule has 2 fully saturated rings. The number of nitrogens with one attached hydrogen (secondary N) is 2. The van der Waals surface area contributed by atoms with Crippen molar-refractivity contribution in [2.45, 2.75) is 70.4 Å². The zero-order valence-corrected chi connectivity index (χ0v) is 22.5. The fraction of sp³-hybridized carbons (Fsp3) is 0.400. The number of quaternary nitrogens is 1. The molecule has 2 aromatic carbocycles. The molecule has 0 spiro atoms. The molecule has 4 atom stereocenters. The SMILES string of the molecule is C[C@@H]1CCC[N+]1(C(=O)NC1CC(=O)OC1OCc1ccccc1)C(=O)c1ncc(CCCc2ccc(O)cc2)[nH]1. The van der Waals surface area contributed by atoms with Gasteiger partial charge in [0.2, 0.25) is 12.1 Å². The number of hydrogen-bond donors (Lipinski definition) is 3. The molecule has 3 aromatic rings. The van der Waals surface area contributed by atoms with Crippen molar-refractivity contribution in [3.8, 4) is 5.75 Å². The van der Waals surface area contributed by atoms with Gasteiger partial charge in [-0.15, -0.1) is 0 Å². The topological polar surface area (TPSA) is 131 Å². The number of imidazole rings is 1. The van der Waals surface area contributed by atoms with E-state index in [1.165, 1.54) is 0 Å². The van der Waals surface area contributed by atoms with Crippen molar-refractivity contribution in [3.63, 3.8) is 0 Å². The average molecular weight is 548 g/mol. The monoisotopic (exact) mass is 547 g/mol. The number of nitrogens with zero attached hydrogens (tertiary/aromatic N) is 2. The third-order valence-corrected chi connectivity index (χ3v) is 7.82. The number of hydrogen-bond acceptors (Lipinski definition) is 7. The van der Waals surface area contributed by atoms with Gasteiger partial charge in [0.25, 0.3) is 0 Å². The number of phenolic OH excluding ortho intramolecular Hbond substituents is 1. The molecular weight excluding hydrogens is 512 g/mol. The summed E-state index contributed by atoms with van der Waals surface area (Å²) in [5, 5.41) is 12.4. The molecular formula is C30H35N4O6+. The predicted octanol–water partition coefficient (Wildman–Crippen LogP) is 4.00. The fourth-order valence-electron chi connectivity index (χ4n) is 5.53. The van der Waals surface area contributed by atoms with Crippen LogP contribution in [0.4, 0.5) is 4.79 Å². The van der Waals surface area contributed by atoms with Gasteiger partial charge in [-0.1, -0.05) is 42.5 Å². The Labute approximate surface area is 232 Å². The summed E-state index contributed by atoms with van der Waals surface area (Å²) >= 11 is 0. The number of likely N-dealkylation sites (tertiary alicyclic amines) is 1. The summed E-state index contributed by atoms with van der Waals surface area (Å²) in [6, 6.07) is 15.2. The molecule has 0 bridgehead atoms. The number of esters is 1. The Morgan fingerprint density at radius 2 is 1.90 bits per heavy atom. The highest BCUT2D eigenvalue weighted by molar-refractivity contribution is 5.93. The van der Waals surface area contributed by atoms with Gasteiger partial charge in [-0.05, 0) is 49.4 Å². The molecule has 2 saturated heterocycles. The number of amides is 3. The van der Waals surface area contributed by atoms with E-state index in [1.54, 1.807) is 18.3 Å². The molecule has 1 aromatic heterocycles. The van der Waals surface area contributed by atoms with Crippen LogP contribution in [-0.4, -0.2) is 62.4 Å². The highest BCUT2D eigenvalue weighted by atomic mass is 16.7. The third-order valence-electron chi connectivity index (χ3n) is 7.82. The smallest absolute Gasteiger partial charge is 0.425 e. The second-order valence-electron chi connectivity index (χ2n) is 10.6. The number of phenols is 1. The van der Waals surface area contributed by atoms with Crippen molar-refractivity contribution in [1.82, 2.24) is 15.3 Å². The minimum absolute atomic E-state index is 0.0281. The highest BCUT2D eigenvalue weighted by Gasteiger charge is 2.55. The first-order valence-corrected chi connectivity index (χ1v) is 13.8. The van der Waals surface area contributed by atoms with E-state index in [0.29, 0.717) is 25.8 Å². The molecule has 3 amide bonds. The van der Waals surface area contributed by atoms with Gasteiger partial charge in [0, 0.05) is 24.7 Å². The summed E-state index contributed by atoms with van der Waals surface area (Å²) < 4.78 is 10.8. The Morgan fingerprint density at radius 1 is 1.12 bits per heavy atom. The van der Waals surface area contributed by atoms with Crippen LogP contribution in [0.15, 0.2) is 60.8 Å². The van der Waals surface area contributed by atoms with Crippen molar-refractivity contribution in [2.75, 3.05) is 6.54 Å². The summed E-state index contributed by atoms with van der Waals surface area (Å²) in [5.41, 5.74) is 2.84. The molecule has 5 rings (SSSR count). The summed E-state index contributed by atoms with van der Waals surface area (Å²) in [6.07, 6.45) is 4.45. The van der Waals surface area contributed by atoms with Crippen LogP contribution in [0.3, 0.4) is 0 Å². The highest BCUT2D eigenvalue weighted by Crippen LogP contribution is 2.31. The predicted molar refractivity (Wildman–Crippen MR) is 145 cm³/mol. The number of aromatic hydroxyl groups is 1. The minimum atomic E-state index is -0.937. The van der Waals surface area contributed by atoms with Crippen LogP contribution in [0.25, 0.3) is 0 Å². The first kappa shape index (κ1) is 27.5. The standard InChI is InChI=1S/C30H34N4O6/c1-20-7-6-16-34(20,28(37)27-31-18-23(32-27)11-5-10-21-12-14-24(35)15-13-21)30(38)33-25-17-26(36)40-29(25)39-19-22-8-3-2-4-9-22/h2-4,8-9,12-15,18,20,25,29H,5-7,10-11,16-17,19H2,1H3,(H2-,31,32,33,35,37,38)/p+1/t20-,25?,29?,34?/m1/s1. The van der Waals surface area contributed by atoms with Gasteiger partial charge in [-0.25, -0.2) is 14.6 Å². The van der Waals surface area contributed by atoms with E-state index in [0.717, 1.165) is 29.7 Å². The first-order valence-electron chi connectivity index (χ1n) is 13.8. The molecule has 40 heavy (non-hydrogen) atoms. The molecule has 3 unspecified atom stereocenters. The minimum Gasteiger partial charge on any atom is -0.508 e. The lowest BCUT2D eigenvalue weighted by atomic mass is 10.1. The van der Waals surface area contributed by atoms with E-state index in [1.807, 2.05) is 49.4 Å². The van der Waals surface area contributed by atoms with Gasteiger partial charge in [0.15, 0.2) is 0 Å². The third kappa shape index (κ3) is 5.93. The zero-order chi connectivity index (χ0) is 28.1. The Kier molecular flexibility index (Phi) is 8.27. The van der Waals surface area contributed by atoms with Crippen LogP contribution in [0.2, 0.25) is 0 Å². The first-order chi connectivity index (χ1) is 19.3. The van der Waals surface area contributed by atoms with Crippen molar-refractivity contribution in [1.29, 1.82) is 0 Å². The van der Waals surface area contributed by atoms with E-state index in [2.05, 4.69) is 15.3 Å². The van der Waals surface area contributed by atoms with Crippen molar-refractivity contribution >= 4 is 17.9 Å². The maximum absolute atomic E-state index is 13.9. The van der Waals surface area contributed by atoms with Crippen molar-refractivity contribution in [2.24, 2.45) is 0 Å². The van der Waals surface area contributed by atoms with Gasteiger partial charge >= 0.3 is 17.9 Å². The fourth-order valence-corrected chi connectivity index (χ4v) is 5.53. The number of urea groups is 1. The van der Waals surface area contributed by atoms with Crippen LogP contribution in [-0.2, 0) is 33.7 Å². The summed E-state index contributed by atoms with van der Waals surface area (Å²) in [7, 11) is 0. The molecule has 2 aliphatic heterocycles. The normalized spacial score (nSPS) is 24.1. The number of carbonyl (C=O) groups is 3. The zero-order valence-electron chi connectivity index (χ0n) is 22.5.